The molecule has 0 saturated carbocycles. The van der Waals surface area contributed by atoms with Crippen LogP contribution in [0.15, 0.2) is 42.5 Å². The van der Waals surface area contributed by atoms with Crippen LogP contribution < -0.4 is 14.4 Å². The lowest BCUT2D eigenvalue weighted by molar-refractivity contribution is -0.384. The molecule has 25 heavy (non-hydrogen) atoms. The lowest BCUT2D eigenvalue weighted by Crippen LogP contribution is -2.27. The number of non-ortho nitro benzene ring substituents is 1. The minimum atomic E-state index is -0.439. The molecule has 1 saturated heterocycles. The van der Waals surface area contributed by atoms with E-state index in [2.05, 4.69) is 0 Å². The summed E-state index contributed by atoms with van der Waals surface area (Å²) in [6.45, 7) is 0. The van der Waals surface area contributed by atoms with E-state index in [0.29, 0.717) is 28.5 Å². The fourth-order valence-corrected chi connectivity index (χ4v) is 3.88. The Kier molecular flexibility index (Phi) is 4.80. The molecule has 1 aliphatic rings. The van der Waals surface area contributed by atoms with E-state index in [9.17, 15) is 14.9 Å². The molecule has 1 atom stereocenters. The summed E-state index contributed by atoms with van der Waals surface area (Å²) in [5, 5.41) is 10.7. The Labute approximate surface area is 148 Å². The van der Waals surface area contributed by atoms with E-state index < -0.39 is 4.92 Å². The predicted molar refractivity (Wildman–Crippen MR) is 95.3 cm³/mol. The van der Waals surface area contributed by atoms with Gasteiger partial charge in [0.2, 0.25) is 5.91 Å². The molecule has 3 rings (SSSR count). The van der Waals surface area contributed by atoms with Crippen molar-refractivity contribution in [2.75, 3.05) is 24.9 Å². The fourth-order valence-electron chi connectivity index (χ4n) is 2.72. The highest BCUT2D eigenvalue weighted by Crippen LogP contribution is 2.44. The number of methoxy groups -OCH3 is 2. The molecule has 0 aromatic heterocycles. The van der Waals surface area contributed by atoms with E-state index in [4.69, 9.17) is 9.47 Å². The Morgan fingerprint density at radius 2 is 1.92 bits per heavy atom. The Hall–Kier alpha value is -2.74. The van der Waals surface area contributed by atoms with Gasteiger partial charge in [0.05, 0.1) is 24.9 Å². The second-order valence-corrected chi connectivity index (χ2v) is 6.39. The number of thioether (sulfide) groups is 1. The molecule has 1 aliphatic heterocycles. The second-order valence-electron chi connectivity index (χ2n) is 5.32. The molecule has 0 radical (unpaired) electrons. The van der Waals surface area contributed by atoms with Crippen molar-refractivity contribution < 1.29 is 19.2 Å². The van der Waals surface area contributed by atoms with Gasteiger partial charge in [-0.25, -0.2) is 0 Å². The van der Waals surface area contributed by atoms with Crippen molar-refractivity contribution in [3.63, 3.8) is 0 Å². The third-order valence-electron chi connectivity index (χ3n) is 3.88. The number of carbonyl (C=O) groups is 1. The van der Waals surface area contributed by atoms with E-state index >= 15 is 0 Å². The molecule has 130 valence electrons. The molecule has 1 amide bonds. The Bertz CT molecular complexity index is 826. The Morgan fingerprint density at radius 3 is 2.60 bits per heavy atom. The van der Waals surface area contributed by atoms with E-state index in [0.717, 1.165) is 0 Å². The van der Waals surface area contributed by atoms with Gasteiger partial charge in [-0.15, -0.1) is 11.8 Å². The highest BCUT2D eigenvalue weighted by molar-refractivity contribution is 8.00. The standard InChI is InChI=1S/C17H16N2O5S/c1-23-14-7-6-12(9-15(14)24-2)18-16(20)10-25-17(18)11-4-3-5-13(8-11)19(21)22/h3-9,17H,10H2,1-2H3. The largest absolute Gasteiger partial charge is 0.493 e. The molecule has 1 unspecified atom stereocenters. The Morgan fingerprint density at radius 1 is 1.16 bits per heavy atom. The molecule has 0 aliphatic carbocycles. The average Bonchev–Trinajstić information content (AvgIpc) is 3.02. The van der Waals surface area contributed by atoms with Gasteiger partial charge in [-0.3, -0.25) is 19.8 Å². The van der Waals surface area contributed by atoms with Crippen LogP contribution in [-0.2, 0) is 4.79 Å². The number of hydrogen-bond acceptors (Lipinski definition) is 6. The molecule has 0 bridgehead atoms. The van der Waals surface area contributed by atoms with Crippen LogP contribution in [0.1, 0.15) is 10.9 Å². The third-order valence-corrected chi connectivity index (χ3v) is 5.09. The van der Waals surface area contributed by atoms with Crippen LogP contribution in [0.3, 0.4) is 0 Å². The van der Waals surface area contributed by atoms with Gasteiger partial charge in [0, 0.05) is 23.9 Å². The van der Waals surface area contributed by atoms with Crippen LogP contribution in [0.25, 0.3) is 0 Å². The SMILES string of the molecule is COc1ccc(N2C(=O)CSC2c2cccc([N+](=O)[O-])c2)cc1OC. The topological polar surface area (TPSA) is 81.9 Å². The number of ether oxygens (including phenoxy) is 2. The van der Waals surface area contributed by atoms with E-state index in [1.165, 1.54) is 31.0 Å². The van der Waals surface area contributed by atoms with Gasteiger partial charge >= 0.3 is 0 Å². The fraction of sp³-hybridized carbons (Fsp3) is 0.235. The molecular formula is C17H16N2O5S. The van der Waals surface area contributed by atoms with E-state index in [1.54, 1.807) is 42.3 Å². The normalized spacial score (nSPS) is 16.8. The highest BCUT2D eigenvalue weighted by atomic mass is 32.2. The zero-order valence-electron chi connectivity index (χ0n) is 13.7. The first-order valence-electron chi connectivity index (χ1n) is 7.45. The maximum Gasteiger partial charge on any atom is 0.269 e. The summed E-state index contributed by atoms with van der Waals surface area (Å²) in [5.41, 5.74) is 1.37. The molecule has 0 spiro atoms. The summed E-state index contributed by atoms with van der Waals surface area (Å²) in [6, 6.07) is 11.6. The number of nitro benzene ring substituents is 1. The minimum absolute atomic E-state index is 0.00436. The predicted octanol–water partition coefficient (Wildman–Crippen LogP) is 3.39. The molecule has 8 heteroatoms. The number of nitro groups is 1. The molecule has 1 fully saturated rings. The number of carbonyl (C=O) groups excluding carboxylic acids is 1. The number of anilines is 1. The van der Waals surface area contributed by atoms with E-state index in [-0.39, 0.29) is 17.0 Å². The van der Waals surface area contributed by atoms with Gasteiger partial charge < -0.3 is 9.47 Å². The molecule has 2 aromatic rings. The minimum Gasteiger partial charge on any atom is -0.493 e. The van der Waals surface area contributed by atoms with Gasteiger partial charge in [0.15, 0.2) is 11.5 Å². The van der Waals surface area contributed by atoms with Crippen molar-refractivity contribution in [1.82, 2.24) is 0 Å². The molecule has 0 N–H and O–H groups in total. The van der Waals surface area contributed by atoms with Crippen LogP contribution >= 0.6 is 11.8 Å². The Balaban J connectivity index is 2.00. The third kappa shape index (κ3) is 3.25. The summed E-state index contributed by atoms with van der Waals surface area (Å²) in [4.78, 5) is 24.6. The monoisotopic (exact) mass is 360 g/mol. The smallest absolute Gasteiger partial charge is 0.269 e. The number of nitrogens with zero attached hydrogens (tertiary/aromatic N) is 2. The highest BCUT2D eigenvalue weighted by Gasteiger charge is 2.35. The average molecular weight is 360 g/mol. The number of amides is 1. The first-order chi connectivity index (χ1) is 12.0. The van der Waals surface area contributed by atoms with Gasteiger partial charge in [-0.2, -0.15) is 0 Å². The van der Waals surface area contributed by atoms with Crippen LogP contribution in [0.4, 0.5) is 11.4 Å². The molecule has 1 heterocycles. The van der Waals surface area contributed by atoms with Gasteiger partial charge in [0.1, 0.15) is 5.37 Å². The lowest BCUT2D eigenvalue weighted by Gasteiger charge is -2.25. The van der Waals surface area contributed by atoms with Gasteiger partial charge in [0.25, 0.3) is 5.69 Å². The van der Waals surface area contributed by atoms with Crippen molar-refractivity contribution in [2.45, 2.75) is 5.37 Å². The number of hydrogen-bond donors (Lipinski definition) is 0. The zero-order valence-corrected chi connectivity index (χ0v) is 14.5. The maximum atomic E-state index is 12.4. The molecule has 7 nitrogen and oxygen atoms in total. The van der Waals surface area contributed by atoms with Crippen LogP contribution in [0.2, 0.25) is 0 Å². The second kappa shape index (κ2) is 7.02. The number of rotatable bonds is 5. The number of benzene rings is 2. The van der Waals surface area contributed by atoms with Crippen LogP contribution in [-0.4, -0.2) is 30.8 Å². The summed E-state index contributed by atoms with van der Waals surface area (Å²) >= 11 is 1.43. The lowest BCUT2D eigenvalue weighted by atomic mass is 10.1. The first-order valence-corrected chi connectivity index (χ1v) is 8.50. The summed E-state index contributed by atoms with van der Waals surface area (Å²) in [5.74, 6) is 1.33. The van der Waals surface area contributed by atoms with Gasteiger partial charge in [-0.05, 0) is 17.7 Å². The van der Waals surface area contributed by atoms with Crippen molar-refractivity contribution in [1.29, 1.82) is 0 Å². The van der Waals surface area contributed by atoms with Crippen molar-refractivity contribution in [3.8, 4) is 11.5 Å². The van der Waals surface area contributed by atoms with Crippen molar-refractivity contribution in [3.05, 3.63) is 58.1 Å². The molecular weight excluding hydrogens is 344 g/mol. The quantitative estimate of drug-likeness (QED) is 0.600. The van der Waals surface area contributed by atoms with E-state index in [1.807, 2.05) is 0 Å². The zero-order chi connectivity index (χ0) is 18.0. The molecule has 2 aromatic carbocycles. The van der Waals surface area contributed by atoms with Crippen molar-refractivity contribution >= 4 is 29.0 Å². The first kappa shape index (κ1) is 17.1. The summed E-state index contributed by atoms with van der Waals surface area (Å²) < 4.78 is 10.5. The maximum absolute atomic E-state index is 12.4. The van der Waals surface area contributed by atoms with Gasteiger partial charge in [-0.1, -0.05) is 12.1 Å². The summed E-state index contributed by atoms with van der Waals surface area (Å²) in [7, 11) is 3.07. The van der Waals surface area contributed by atoms with Crippen LogP contribution in [0, 0.1) is 10.1 Å². The van der Waals surface area contributed by atoms with Crippen molar-refractivity contribution in [2.24, 2.45) is 0 Å². The van der Waals surface area contributed by atoms with Crippen LogP contribution in [0.5, 0.6) is 11.5 Å². The summed E-state index contributed by atoms with van der Waals surface area (Å²) in [6.07, 6.45) is 0.